The van der Waals surface area contributed by atoms with E-state index in [9.17, 15) is 14.4 Å². The lowest BCUT2D eigenvalue weighted by Gasteiger charge is -2.18. The first-order valence-electron chi connectivity index (χ1n) is 10.1. The molecule has 0 unspecified atom stereocenters. The summed E-state index contributed by atoms with van der Waals surface area (Å²) in [5.74, 6) is -1.66. The Morgan fingerprint density at radius 2 is 1.74 bits per heavy atom. The second-order valence-electron chi connectivity index (χ2n) is 7.09. The Hall–Kier alpha value is -3.68. The molecule has 31 heavy (non-hydrogen) atoms. The summed E-state index contributed by atoms with van der Waals surface area (Å²) in [6.45, 7) is 3.52. The zero-order valence-electron chi connectivity index (χ0n) is 17.5. The highest BCUT2D eigenvalue weighted by atomic mass is 16.5. The van der Waals surface area contributed by atoms with E-state index in [1.165, 1.54) is 6.92 Å². The summed E-state index contributed by atoms with van der Waals surface area (Å²) in [5.41, 5.74) is 1.75. The molecule has 162 valence electrons. The number of esters is 1. The third-order valence-electron chi connectivity index (χ3n) is 4.87. The zero-order valence-corrected chi connectivity index (χ0v) is 17.5. The summed E-state index contributed by atoms with van der Waals surface area (Å²) in [7, 11) is 0. The predicted octanol–water partition coefficient (Wildman–Crippen LogP) is 2.75. The number of aromatic nitrogens is 2. The number of carbonyl (C=O) groups is 2. The van der Waals surface area contributed by atoms with Gasteiger partial charge in [0.15, 0.2) is 6.10 Å². The van der Waals surface area contributed by atoms with Gasteiger partial charge in [0.25, 0.3) is 5.91 Å². The van der Waals surface area contributed by atoms with Crippen LogP contribution >= 0.6 is 0 Å². The first-order valence-corrected chi connectivity index (χ1v) is 10.1. The van der Waals surface area contributed by atoms with Crippen LogP contribution in [0.3, 0.4) is 0 Å². The van der Waals surface area contributed by atoms with Crippen molar-refractivity contribution in [3.63, 3.8) is 0 Å². The molecule has 0 radical (unpaired) electrons. The van der Waals surface area contributed by atoms with Gasteiger partial charge in [-0.1, -0.05) is 55.5 Å². The van der Waals surface area contributed by atoms with Gasteiger partial charge in [-0.3, -0.25) is 9.59 Å². The van der Waals surface area contributed by atoms with Gasteiger partial charge in [0.1, 0.15) is 6.54 Å². The molecule has 1 N–H and O–H groups in total. The van der Waals surface area contributed by atoms with Gasteiger partial charge in [-0.15, -0.1) is 5.10 Å². The lowest BCUT2D eigenvalue weighted by molar-refractivity contribution is -0.155. The lowest BCUT2D eigenvalue weighted by Crippen LogP contribution is -2.38. The van der Waals surface area contributed by atoms with Gasteiger partial charge in [-0.25, -0.2) is 4.79 Å². The van der Waals surface area contributed by atoms with Crippen molar-refractivity contribution in [2.75, 3.05) is 6.54 Å². The average molecular weight is 423 g/mol. The molecule has 3 aromatic rings. The molecule has 0 saturated heterocycles. The number of nitrogens with one attached hydrogen (secondary N) is 1. The van der Waals surface area contributed by atoms with Crippen molar-refractivity contribution in [3.8, 4) is 11.5 Å². The number of ether oxygens (including phenoxy) is 1. The molecular weight excluding hydrogens is 398 g/mol. The second-order valence-corrected chi connectivity index (χ2v) is 7.09. The number of amides is 1. The van der Waals surface area contributed by atoms with Crippen molar-refractivity contribution in [2.24, 2.45) is 0 Å². The van der Waals surface area contributed by atoms with Crippen LogP contribution in [0.4, 0.5) is 0 Å². The minimum Gasteiger partial charge on any atom is -0.451 e. The fraction of sp³-hybridized carbons (Fsp3) is 0.304. The van der Waals surface area contributed by atoms with Crippen molar-refractivity contribution in [2.45, 2.75) is 38.8 Å². The summed E-state index contributed by atoms with van der Waals surface area (Å²) in [5, 5.41) is 6.83. The highest BCUT2D eigenvalue weighted by Gasteiger charge is 2.21. The molecule has 2 atom stereocenters. The van der Waals surface area contributed by atoms with Crippen LogP contribution in [0.1, 0.15) is 31.7 Å². The van der Waals surface area contributed by atoms with E-state index in [0.717, 1.165) is 16.7 Å². The Bertz CT molecular complexity index is 1060. The first kappa shape index (κ1) is 22.0. The highest BCUT2D eigenvalue weighted by molar-refractivity contribution is 5.83. The fourth-order valence-electron chi connectivity index (χ4n) is 3.10. The van der Waals surface area contributed by atoms with Crippen molar-refractivity contribution < 1.29 is 18.7 Å². The van der Waals surface area contributed by atoms with Crippen molar-refractivity contribution in [3.05, 3.63) is 76.8 Å². The van der Waals surface area contributed by atoms with Gasteiger partial charge < -0.3 is 14.5 Å². The summed E-state index contributed by atoms with van der Waals surface area (Å²) >= 11 is 0. The molecule has 1 aromatic heterocycles. The maximum absolute atomic E-state index is 12.3. The van der Waals surface area contributed by atoms with Crippen LogP contribution in [0.2, 0.25) is 0 Å². The molecule has 0 bridgehead atoms. The number of benzene rings is 2. The number of rotatable bonds is 9. The summed E-state index contributed by atoms with van der Waals surface area (Å²) in [6.07, 6.45) is -0.144. The van der Waals surface area contributed by atoms with Gasteiger partial charge in [-0.05, 0) is 31.0 Å². The Balaban J connectivity index is 1.53. The predicted molar refractivity (Wildman–Crippen MR) is 114 cm³/mol. The molecule has 1 amide bonds. The summed E-state index contributed by atoms with van der Waals surface area (Å²) < 4.78 is 11.1. The summed E-state index contributed by atoms with van der Waals surface area (Å²) in [6, 6.07) is 18.8. The normalized spacial score (nSPS) is 12.7. The minimum absolute atomic E-state index is 0.107. The third-order valence-corrected chi connectivity index (χ3v) is 4.87. The maximum Gasteiger partial charge on any atom is 0.437 e. The smallest absolute Gasteiger partial charge is 0.437 e. The SMILES string of the molecule is CC[C@H](CNC(=O)[C@H](C)OC(=O)Cn1nc(-c2ccccc2)oc1=O)c1ccccc1. The second kappa shape index (κ2) is 10.4. The molecule has 0 spiro atoms. The van der Waals surface area contributed by atoms with Crippen LogP contribution in [0.15, 0.2) is 69.9 Å². The van der Waals surface area contributed by atoms with Crippen molar-refractivity contribution in [1.29, 1.82) is 0 Å². The molecule has 2 aromatic carbocycles. The van der Waals surface area contributed by atoms with Crippen LogP contribution < -0.4 is 11.1 Å². The molecule has 0 aliphatic carbocycles. The largest absolute Gasteiger partial charge is 0.451 e. The topological polar surface area (TPSA) is 103 Å². The van der Waals surface area contributed by atoms with E-state index in [1.54, 1.807) is 24.3 Å². The zero-order chi connectivity index (χ0) is 22.2. The minimum atomic E-state index is -1.00. The maximum atomic E-state index is 12.3. The molecule has 3 rings (SSSR count). The molecule has 0 aliphatic rings. The number of hydrogen-bond donors (Lipinski definition) is 1. The number of nitrogens with zero attached hydrogens (tertiary/aromatic N) is 2. The van der Waals surface area contributed by atoms with Gasteiger partial charge in [0.05, 0.1) is 0 Å². The van der Waals surface area contributed by atoms with Gasteiger partial charge >= 0.3 is 11.7 Å². The fourth-order valence-corrected chi connectivity index (χ4v) is 3.10. The van der Waals surface area contributed by atoms with Crippen molar-refractivity contribution in [1.82, 2.24) is 15.1 Å². The monoisotopic (exact) mass is 423 g/mol. The van der Waals surface area contributed by atoms with Gasteiger partial charge in [-0.2, -0.15) is 4.68 Å². The summed E-state index contributed by atoms with van der Waals surface area (Å²) in [4.78, 5) is 36.5. The average Bonchev–Trinajstić information content (AvgIpc) is 3.15. The van der Waals surface area contributed by atoms with E-state index >= 15 is 0 Å². The quantitative estimate of drug-likeness (QED) is 0.531. The first-order chi connectivity index (χ1) is 15.0. The van der Waals surface area contributed by atoms with E-state index in [0.29, 0.717) is 12.1 Å². The molecule has 0 saturated carbocycles. The highest BCUT2D eigenvalue weighted by Crippen LogP contribution is 2.18. The van der Waals surface area contributed by atoms with E-state index in [4.69, 9.17) is 9.15 Å². The van der Waals surface area contributed by atoms with Crippen LogP contribution in [-0.2, 0) is 20.9 Å². The molecular formula is C23H25N3O5. The van der Waals surface area contributed by atoms with E-state index in [1.807, 2.05) is 43.3 Å². The van der Waals surface area contributed by atoms with Crippen LogP contribution in [0.25, 0.3) is 11.5 Å². The lowest BCUT2D eigenvalue weighted by atomic mass is 9.96. The third kappa shape index (κ3) is 5.91. The number of hydrogen-bond acceptors (Lipinski definition) is 6. The number of carbonyl (C=O) groups excluding carboxylic acids is 2. The van der Waals surface area contributed by atoms with Crippen LogP contribution in [-0.4, -0.2) is 34.3 Å². The van der Waals surface area contributed by atoms with Crippen LogP contribution in [0, 0.1) is 0 Å². The van der Waals surface area contributed by atoms with Gasteiger partial charge in [0, 0.05) is 18.0 Å². The van der Waals surface area contributed by atoms with Crippen molar-refractivity contribution >= 4 is 11.9 Å². The Morgan fingerprint density at radius 3 is 2.39 bits per heavy atom. The molecule has 8 nitrogen and oxygen atoms in total. The standard InChI is InChI=1S/C23H25N3O5/c1-3-17(18-10-6-4-7-11-18)14-24-21(28)16(2)30-20(27)15-26-23(29)31-22(25-26)19-12-8-5-9-13-19/h4-13,16-17H,3,14-15H2,1-2H3,(H,24,28)/t16-,17+/m0/s1. The van der Waals surface area contributed by atoms with E-state index in [2.05, 4.69) is 10.4 Å². The Morgan fingerprint density at radius 1 is 1.10 bits per heavy atom. The molecule has 0 fully saturated rings. The van der Waals surface area contributed by atoms with E-state index in [-0.39, 0.29) is 11.8 Å². The Kier molecular flexibility index (Phi) is 7.37. The van der Waals surface area contributed by atoms with Gasteiger partial charge in [0.2, 0.25) is 5.89 Å². The Labute approximate surface area is 179 Å². The molecule has 1 heterocycles. The van der Waals surface area contributed by atoms with Crippen LogP contribution in [0.5, 0.6) is 0 Å². The van der Waals surface area contributed by atoms with E-state index < -0.39 is 30.3 Å². The molecule has 8 heteroatoms. The molecule has 0 aliphatic heterocycles.